The van der Waals surface area contributed by atoms with Crippen LogP contribution < -0.4 is 0 Å². The second-order valence-electron chi connectivity index (χ2n) is 12.8. The molecule has 4 aromatic rings. The van der Waals surface area contributed by atoms with E-state index in [-0.39, 0.29) is 11.6 Å². The molecule has 0 saturated heterocycles. The van der Waals surface area contributed by atoms with Gasteiger partial charge in [-0.3, -0.25) is 9.59 Å². The van der Waals surface area contributed by atoms with Gasteiger partial charge in [0.05, 0.1) is 41.3 Å². The predicted molar refractivity (Wildman–Crippen MR) is 172 cm³/mol. The number of hydrogen-bond donors (Lipinski definition) is 0. The van der Waals surface area contributed by atoms with Gasteiger partial charge in [-0.15, -0.1) is 0 Å². The van der Waals surface area contributed by atoms with Crippen LogP contribution in [0.3, 0.4) is 0 Å². The topological polar surface area (TPSA) is 34.1 Å². The third kappa shape index (κ3) is 9.34. The van der Waals surface area contributed by atoms with Gasteiger partial charge < -0.3 is 8.97 Å². The standard InChI is InChI=1S/C38H46N2O2/c1-39(2,29-31-19-23-35(24-20-31)37(41)33-15-9-7-10-16-33)27-13-5-6-14-28-40(3,4)30-32-21-25-36(26-22-32)38(42)34-17-11-8-12-18-34/h7-12,15-26H,5-6,13-14,27-30H2,1-4H3/q+2. The van der Waals surface area contributed by atoms with Crippen molar-refractivity contribution in [2.45, 2.75) is 38.8 Å². The van der Waals surface area contributed by atoms with Crippen LogP contribution in [-0.4, -0.2) is 61.8 Å². The van der Waals surface area contributed by atoms with Gasteiger partial charge in [0.1, 0.15) is 13.1 Å². The van der Waals surface area contributed by atoms with Crippen molar-refractivity contribution < 1.29 is 18.6 Å². The minimum atomic E-state index is 0.0749. The molecule has 218 valence electrons. The summed E-state index contributed by atoms with van der Waals surface area (Å²) in [6, 6.07) is 35.2. The molecule has 0 aliphatic heterocycles. The summed E-state index contributed by atoms with van der Waals surface area (Å²) in [5.41, 5.74) is 5.48. The van der Waals surface area contributed by atoms with Crippen LogP contribution in [-0.2, 0) is 13.1 Å². The van der Waals surface area contributed by atoms with E-state index in [1.54, 1.807) is 0 Å². The fraction of sp³-hybridized carbons (Fsp3) is 0.316. The van der Waals surface area contributed by atoms with E-state index in [0.717, 1.165) is 57.4 Å². The van der Waals surface area contributed by atoms with Crippen LogP contribution in [0.4, 0.5) is 0 Å². The summed E-state index contributed by atoms with van der Waals surface area (Å²) in [6.07, 6.45) is 4.90. The number of carbonyl (C=O) groups is 2. The molecule has 0 fully saturated rings. The van der Waals surface area contributed by atoms with Crippen molar-refractivity contribution in [1.82, 2.24) is 0 Å². The average molecular weight is 563 g/mol. The molecule has 4 heteroatoms. The van der Waals surface area contributed by atoms with Gasteiger partial charge in [-0.2, -0.15) is 0 Å². The summed E-state index contributed by atoms with van der Waals surface area (Å²) in [6.45, 7) is 4.19. The summed E-state index contributed by atoms with van der Waals surface area (Å²) in [5.74, 6) is 0.150. The smallest absolute Gasteiger partial charge is 0.193 e. The largest absolute Gasteiger partial charge is 0.325 e. The average Bonchev–Trinajstić information content (AvgIpc) is 2.99. The van der Waals surface area contributed by atoms with E-state index >= 15 is 0 Å². The minimum absolute atomic E-state index is 0.0749. The Balaban J connectivity index is 1.15. The first-order valence-electron chi connectivity index (χ1n) is 15.1. The van der Waals surface area contributed by atoms with Crippen LogP contribution in [0.15, 0.2) is 109 Å². The van der Waals surface area contributed by atoms with Crippen molar-refractivity contribution in [1.29, 1.82) is 0 Å². The fourth-order valence-corrected chi connectivity index (χ4v) is 5.62. The van der Waals surface area contributed by atoms with E-state index in [1.807, 2.05) is 84.9 Å². The predicted octanol–water partition coefficient (Wildman–Crippen LogP) is 7.56. The van der Waals surface area contributed by atoms with E-state index in [1.165, 1.54) is 36.8 Å². The normalized spacial score (nSPS) is 11.8. The first kappa shape index (κ1) is 31.1. The molecule has 42 heavy (non-hydrogen) atoms. The number of benzene rings is 4. The van der Waals surface area contributed by atoms with Crippen LogP contribution >= 0.6 is 0 Å². The third-order valence-corrected chi connectivity index (χ3v) is 8.00. The molecule has 0 radical (unpaired) electrons. The Morgan fingerprint density at radius 1 is 0.429 bits per heavy atom. The van der Waals surface area contributed by atoms with Gasteiger partial charge in [-0.1, -0.05) is 109 Å². The highest BCUT2D eigenvalue weighted by molar-refractivity contribution is 6.09. The molecule has 4 nitrogen and oxygen atoms in total. The van der Waals surface area contributed by atoms with Gasteiger partial charge in [0.2, 0.25) is 0 Å². The number of unbranched alkanes of at least 4 members (excludes halogenated alkanes) is 3. The maximum atomic E-state index is 12.7. The molecule has 4 rings (SSSR count). The SMILES string of the molecule is C[N+](C)(CCCCCC[N+](C)(C)Cc1ccc(C(=O)c2ccccc2)cc1)Cc1ccc(C(=O)c2ccccc2)cc1. The Morgan fingerprint density at radius 3 is 1.07 bits per heavy atom. The number of hydrogen-bond acceptors (Lipinski definition) is 2. The molecule has 0 saturated carbocycles. The Labute approximate surface area is 252 Å². The van der Waals surface area contributed by atoms with Gasteiger partial charge in [-0.05, 0) is 25.7 Å². The van der Waals surface area contributed by atoms with Gasteiger partial charge in [0.25, 0.3) is 0 Å². The maximum absolute atomic E-state index is 12.7. The lowest BCUT2D eigenvalue weighted by molar-refractivity contribution is -0.904. The molecule has 0 aromatic heterocycles. The van der Waals surface area contributed by atoms with Crippen molar-refractivity contribution in [2.75, 3.05) is 41.3 Å². The zero-order chi connectivity index (χ0) is 30.0. The summed E-state index contributed by atoms with van der Waals surface area (Å²) >= 11 is 0. The Kier molecular flexibility index (Phi) is 10.6. The number of nitrogens with zero attached hydrogens (tertiary/aromatic N) is 2. The summed E-state index contributed by atoms with van der Waals surface area (Å²) in [5, 5.41) is 0. The zero-order valence-electron chi connectivity index (χ0n) is 25.8. The molecular formula is C38H46N2O2+2. The molecule has 0 amide bonds. The third-order valence-electron chi connectivity index (χ3n) is 8.00. The highest BCUT2D eigenvalue weighted by Crippen LogP contribution is 2.18. The van der Waals surface area contributed by atoms with E-state index in [2.05, 4.69) is 52.5 Å². The lowest BCUT2D eigenvalue weighted by atomic mass is 10.0. The van der Waals surface area contributed by atoms with Crippen molar-refractivity contribution in [3.05, 3.63) is 143 Å². The summed E-state index contributed by atoms with van der Waals surface area (Å²) in [4.78, 5) is 25.4. The number of quaternary nitrogens is 2. The van der Waals surface area contributed by atoms with Crippen molar-refractivity contribution >= 4 is 11.6 Å². The van der Waals surface area contributed by atoms with Crippen molar-refractivity contribution in [2.24, 2.45) is 0 Å². The van der Waals surface area contributed by atoms with Gasteiger partial charge in [0.15, 0.2) is 11.6 Å². The molecule has 0 unspecified atom stereocenters. The summed E-state index contributed by atoms with van der Waals surface area (Å²) < 4.78 is 1.88. The Bertz CT molecular complexity index is 1310. The van der Waals surface area contributed by atoms with Crippen LogP contribution in [0, 0.1) is 0 Å². The van der Waals surface area contributed by atoms with E-state index in [4.69, 9.17) is 0 Å². The lowest BCUT2D eigenvalue weighted by Gasteiger charge is -2.31. The Hall–Kier alpha value is -3.86. The van der Waals surface area contributed by atoms with E-state index < -0.39 is 0 Å². The van der Waals surface area contributed by atoms with Crippen LogP contribution in [0.5, 0.6) is 0 Å². The second-order valence-corrected chi connectivity index (χ2v) is 12.8. The highest BCUT2D eigenvalue weighted by Gasteiger charge is 2.18. The number of carbonyl (C=O) groups excluding carboxylic acids is 2. The van der Waals surface area contributed by atoms with Crippen LogP contribution in [0.2, 0.25) is 0 Å². The van der Waals surface area contributed by atoms with Crippen LogP contribution in [0.25, 0.3) is 0 Å². The number of ketones is 2. The highest BCUT2D eigenvalue weighted by atomic mass is 16.1. The van der Waals surface area contributed by atoms with Crippen LogP contribution in [0.1, 0.15) is 68.7 Å². The van der Waals surface area contributed by atoms with E-state index in [9.17, 15) is 9.59 Å². The van der Waals surface area contributed by atoms with Gasteiger partial charge in [-0.25, -0.2) is 0 Å². The monoisotopic (exact) mass is 562 g/mol. The van der Waals surface area contributed by atoms with Gasteiger partial charge in [0, 0.05) is 33.4 Å². The quantitative estimate of drug-likeness (QED) is 0.0851. The van der Waals surface area contributed by atoms with E-state index in [0.29, 0.717) is 0 Å². The van der Waals surface area contributed by atoms with Crippen molar-refractivity contribution in [3.63, 3.8) is 0 Å². The first-order chi connectivity index (χ1) is 20.1. The summed E-state index contributed by atoms with van der Waals surface area (Å²) in [7, 11) is 9.17. The molecule has 0 atom stereocenters. The molecule has 4 aromatic carbocycles. The van der Waals surface area contributed by atoms with Gasteiger partial charge >= 0.3 is 0 Å². The fourth-order valence-electron chi connectivity index (χ4n) is 5.62. The molecule has 0 bridgehead atoms. The Morgan fingerprint density at radius 2 is 0.738 bits per heavy atom. The zero-order valence-corrected chi connectivity index (χ0v) is 25.8. The molecule has 0 heterocycles. The minimum Gasteiger partial charge on any atom is -0.325 e. The number of rotatable bonds is 15. The lowest BCUT2D eigenvalue weighted by Crippen LogP contribution is -2.40. The molecule has 0 aliphatic rings. The molecular weight excluding hydrogens is 516 g/mol. The molecule has 0 aliphatic carbocycles. The second kappa shape index (κ2) is 14.4. The van der Waals surface area contributed by atoms with Crippen molar-refractivity contribution in [3.8, 4) is 0 Å². The maximum Gasteiger partial charge on any atom is 0.193 e. The first-order valence-corrected chi connectivity index (χ1v) is 15.1. The molecule has 0 spiro atoms. The molecule has 0 N–H and O–H groups in total.